The number of carboxylic acid groups (broad SMARTS) is 1. The number of carbonyl (C=O) groups is 2. The summed E-state index contributed by atoms with van der Waals surface area (Å²) in [5, 5.41) is 11.5. The number of ether oxygens (including phenoxy) is 1. The molecule has 7 nitrogen and oxygen atoms in total. The molecular weight excluding hydrogens is 557 g/mol. The normalized spacial score (nSPS) is 18.5. The number of halogens is 2. The van der Waals surface area contributed by atoms with E-state index in [2.05, 4.69) is 28.1 Å². The van der Waals surface area contributed by atoms with Gasteiger partial charge in [0.2, 0.25) is 0 Å². The maximum atomic E-state index is 15.4. The van der Waals surface area contributed by atoms with Crippen LogP contribution in [0.1, 0.15) is 52.4 Å². The van der Waals surface area contributed by atoms with Gasteiger partial charge in [0.05, 0.1) is 18.1 Å². The first-order valence-electron chi connectivity index (χ1n) is 14.1. The summed E-state index contributed by atoms with van der Waals surface area (Å²) in [6.07, 6.45) is 5.04. The van der Waals surface area contributed by atoms with Crippen LogP contribution in [0.15, 0.2) is 67.0 Å². The molecule has 2 unspecified atom stereocenters. The highest BCUT2D eigenvalue weighted by atomic mass is 35.5. The zero-order valence-electron chi connectivity index (χ0n) is 23.5. The monoisotopic (exact) mass is 588 g/mol. The molecule has 1 amide bonds. The molecule has 9 heteroatoms. The molecule has 4 aromatic rings. The highest BCUT2D eigenvalue weighted by molar-refractivity contribution is 6.34. The summed E-state index contributed by atoms with van der Waals surface area (Å²) in [7, 11) is 1.90. The van der Waals surface area contributed by atoms with E-state index in [9.17, 15) is 14.7 Å². The van der Waals surface area contributed by atoms with Gasteiger partial charge in [-0.05, 0) is 66.3 Å². The average molecular weight is 589 g/mol. The number of anilines is 1. The van der Waals surface area contributed by atoms with Gasteiger partial charge in [0.1, 0.15) is 23.2 Å². The van der Waals surface area contributed by atoms with Crippen molar-refractivity contribution in [3.63, 3.8) is 0 Å². The lowest BCUT2D eigenvalue weighted by Crippen LogP contribution is -2.61. The summed E-state index contributed by atoms with van der Waals surface area (Å²) in [4.78, 5) is 32.4. The molecule has 2 heterocycles. The number of amides is 1. The van der Waals surface area contributed by atoms with Gasteiger partial charge < -0.3 is 14.7 Å². The fraction of sp³-hybridized carbons (Fsp3) is 0.303. The molecule has 6 rings (SSSR count). The number of hydrogen-bond acceptors (Lipinski definition) is 5. The summed E-state index contributed by atoms with van der Waals surface area (Å²) >= 11 is 6.61. The largest absolute Gasteiger partial charge is 0.511 e. The van der Waals surface area contributed by atoms with Crippen LogP contribution in [0.3, 0.4) is 0 Å². The van der Waals surface area contributed by atoms with Crippen molar-refractivity contribution in [1.82, 2.24) is 4.98 Å². The molecule has 0 spiro atoms. The number of hydrogen-bond donors (Lipinski definition) is 1. The standard InChI is InChI=1S/C33H31ClFN3O4/c1-20-3-9-28(35)30(31(20)34)32(39)38(2,29-10-6-21-5-8-26(18-27(21)29)42-33(40)41)25-12-15-37(16-13-25)24-7-4-23-19-36-14-11-22(23)17-24/h3-5,7-9,11,14,17-19,25,29H,6,10,12-13,15-16H2,1-2H3/p+1. The molecule has 2 aliphatic rings. The molecule has 1 aliphatic heterocycles. The Bertz CT molecular complexity index is 1700. The van der Waals surface area contributed by atoms with Crippen LogP contribution in [-0.2, 0) is 6.42 Å². The number of rotatable bonds is 5. The van der Waals surface area contributed by atoms with E-state index in [1.54, 1.807) is 31.3 Å². The first-order chi connectivity index (χ1) is 20.2. The number of pyridine rings is 1. The minimum atomic E-state index is -1.40. The Hall–Kier alpha value is -4.01. The topological polar surface area (TPSA) is 79.7 Å². The van der Waals surface area contributed by atoms with Crippen molar-refractivity contribution in [2.24, 2.45) is 0 Å². The van der Waals surface area contributed by atoms with Crippen LogP contribution in [0.4, 0.5) is 14.9 Å². The summed E-state index contributed by atoms with van der Waals surface area (Å²) in [5.41, 5.74) is 3.56. The average Bonchev–Trinajstić information content (AvgIpc) is 3.42. The summed E-state index contributed by atoms with van der Waals surface area (Å²) in [5.74, 6) is -0.794. The third-order valence-corrected chi connectivity index (χ3v) is 9.65. The van der Waals surface area contributed by atoms with Gasteiger partial charge in [0, 0.05) is 61.4 Å². The van der Waals surface area contributed by atoms with E-state index >= 15 is 4.39 Å². The van der Waals surface area contributed by atoms with E-state index in [1.807, 2.05) is 25.4 Å². The molecule has 216 valence electrons. The number of quaternary nitrogens is 1. The van der Waals surface area contributed by atoms with Crippen molar-refractivity contribution in [1.29, 1.82) is 0 Å². The molecule has 42 heavy (non-hydrogen) atoms. The Morgan fingerprint density at radius 1 is 1.05 bits per heavy atom. The molecule has 1 aliphatic carbocycles. The Kier molecular flexibility index (Phi) is 7.37. The van der Waals surface area contributed by atoms with E-state index in [1.165, 1.54) is 6.07 Å². The number of aromatic nitrogens is 1. The van der Waals surface area contributed by atoms with E-state index < -0.39 is 12.0 Å². The lowest BCUT2D eigenvalue weighted by Gasteiger charge is -2.47. The predicted molar refractivity (Wildman–Crippen MR) is 160 cm³/mol. The minimum absolute atomic E-state index is 0.0547. The van der Waals surface area contributed by atoms with Gasteiger partial charge in [0.25, 0.3) is 0 Å². The Morgan fingerprint density at radius 2 is 1.83 bits per heavy atom. The van der Waals surface area contributed by atoms with E-state index in [4.69, 9.17) is 16.3 Å². The van der Waals surface area contributed by atoms with E-state index in [-0.39, 0.29) is 38.8 Å². The number of fused-ring (bicyclic) bond motifs is 2. The van der Waals surface area contributed by atoms with Crippen LogP contribution in [-0.4, -0.2) is 52.8 Å². The summed E-state index contributed by atoms with van der Waals surface area (Å²) in [6, 6.07) is 16.0. The van der Waals surface area contributed by atoms with Crippen molar-refractivity contribution in [3.05, 3.63) is 100 Å². The Balaban J connectivity index is 1.37. The Morgan fingerprint density at radius 3 is 2.60 bits per heavy atom. The van der Waals surface area contributed by atoms with Crippen LogP contribution in [0.25, 0.3) is 10.8 Å². The number of aryl methyl sites for hydroxylation is 2. The lowest BCUT2D eigenvalue weighted by atomic mass is 9.92. The van der Waals surface area contributed by atoms with Gasteiger partial charge in [-0.2, -0.15) is 0 Å². The van der Waals surface area contributed by atoms with Crippen molar-refractivity contribution in [2.45, 2.75) is 44.7 Å². The van der Waals surface area contributed by atoms with E-state index in [0.717, 1.165) is 47.1 Å². The zero-order chi connectivity index (χ0) is 29.6. The second-order valence-electron chi connectivity index (χ2n) is 11.4. The molecule has 0 radical (unpaired) electrons. The van der Waals surface area contributed by atoms with Gasteiger partial charge in [0.15, 0.2) is 0 Å². The maximum Gasteiger partial charge on any atom is 0.511 e. The van der Waals surface area contributed by atoms with Crippen molar-refractivity contribution in [2.75, 3.05) is 25.0 Å². The van der Waals surface area contributed by atoms with Gasteiger partial charge in [-0.15, -0.1) is 0 Å². The fourth-order valence-electron chi connectivity index (χ4n) is 6.86. The number of benzene rings is 3. The highest BCUT2D eigenvalue weighted by Crippen LogP contribution is 2.46. The highest BCUT2D eigenvalue weighted by Gasteiger charge is 2.52. The van der Waals surface area contributed by atoms with Crippen molar-refractivity contribution >= 4 is 40.1 Å². The van der Waals surface area contributed by atoms with Gasteiger partial charge in [-0.3, -0.25) is 4.98 Å². The van der Waals surface area contributed by atoms with Gasteiger partial charge in [-0.1, -0.05) is 29.8 Å². The predicted octanol–water partition coefficient (Wildman–Crippen LogP) is 7.34. The first kappa shape index (κ1) is 28.1. The molecule has 0 bridgehead atoms. The van der Waals surface area contributed by atoms with Crippen LogP contribution < -0.4 is 9.64 Å². The molecular formula is C33H32ClFN3O4+. The van der Waals surface area contributed by atoms with Crippen molar-refractivity contribution < 1.29 is 28.3 Å². The summed E-state index contributed by atoms with van der Waals surface area (Å²) < 4.78 is 20.3. The first-order valence-corrected chi connectivity index (χ1v) is 14.5. The second-order valence-corrected chi connectivity index (χ2v) is 11.8. The quantitative estimate of drug-likeness (QED) is 0.149. The van der Waals surface area contributed by atoms with Gasteiger partial charge >= 0.3 is 12.1 Å². The number of carbonyl (C=O) groups excluding carboxylic acids is 1. The third-order valence-electron chi connectivity index (χ3n) is 9.16. The molecule has 0 saturated carbocycles. The Labute approximate surface area is 248 Å². The maximum absolute atomic E-state index is 15.4. The van der Waals surface area contributed by atoms with Gasteiger partial charge in [-0.25, -0.2) is 18.5 Å². The molecule has 1 N–H and O–H groups in total. The number of nitrogens with zero attached hydrogens (tertiary/aromatic N) is 3. The lowest BCUT2D eigenvalue weighted by molar-refractivity contribution is -0.887. The van der Waals surface area contributed by atoms with Crippen LogP contribution in [0.5, 0.6) is 5.75 Å². The molecule has 2 atom stereocenters. The molecule has 1 aromatic heterocycles. The second kappa shape index (κ2) is 11.0. The van der Waals surface area contributed by atoms with Crippen LogP contribution in [0, 0.1) is 12.7 Å². The molecule has 3 aromatic carbocycles. The molecule has 1 saturated heterocycles. The third kappa shape index (κ3) is 4.88. The smallest absolute Gasteiger partial charge is 0.449 e. The molecule has 1 fully saturated rings. The zero-order valence-corrected chi connectivity index (χ0v) is 24.3. The van der Waals surface area contributed by atoms with Crippen molar-refractivity contribution in [3.8, 4) is 5.75 Å². The summed E-state index contributed by atoms with van der Waals surface area (Å²) in [6.45, 7) is 3.23. The minimum Gasteiger partial charge on any atom is -0.449 e. The van der Waals surface area contributed by atoms with Crippen LogP contribution >= 0.6 is 11.6 Å². The number of piperidine rings is 1. The van der Waals surface area contributed by atoms with E-state index in [0.29, 0.717) is 24.8 Å². The fourth-order valence-corrected chi connectivity index (χ4v) is 7.10. The SMILES string of the molecule is Cc1ccc(F)c(C(=O)[N+](C)(C2CCN(c3ccc4cnccc4c3)CC2)C2CCc3ccc(OC(=O)O)cc32)c1Cl. The van der Waals surface area contributed by atoms with Crippen LogP contribution in [0.2, 0.25) is 5.02 Å².